The second kappa shape index (κ2) is 9.13. The first-order chi connectivity index (χ1) is 7.43. The van der Waals surface area contributed by atoms with E-state index in [9.17, 15) is 0 Å². The van der Waals surface area contributed by atoms with Gasteiger partial charge in [-0.2, -0.15) is 0 Å². The van der Waals surface area contributed by atoms with E-state index in [-0.39, 0.29) is 0 Å². The molecule has 1 N–H and O–H groups in total. The maximum Gasteiger partial charge on any atom is 0.0587 e. The van der Waals surface area contributed by atoms with E-state index in [0.717, 1.165) is 38.8 Å². The quantitative estimate of drug-likeness (QED) is 0.627. The van der Waals surface area contributed by atoms with E-state index in [4.69, 9.17) is 9.47 Å². The number of ether oxygens (including phenoxy) is 2. The molecule has 1 fully saturated rings. The average molecular weight is 215 g/mol. The predicted molar refractivity (Wildman–Crippen MR) is 62.1 cm³/mol. The van der Waals surface area contributed by atoms with Crippen LogP contribution in [0.3, 0.4) is 0 Å². The van der Waals surface area contributed by atoms with Gasteiger partial charge < -0.3 is 14.8 Å². The Morgan fingerprint density at radius 1 is 1.33 bits per heavy atom. The Balaban J connectivity index is 1.79. The van der Waals surface area contributed by atoms with Crippen LogP contribution in [-0.4, -0.2) is 40.0 Å². The molecule has 1 heterocycles. The number of hydrogen-bond acceptors (Lipinski definition) is 3. The van der Waals surface area contributed by atoms with Crippen LogP contribution in [0.1, 0.15) is 32.1 Å². The molecular formula is C12H25NO2. The van der Waals surface area contributed by atoms with Gasteiger partial charge in [-0.05, 0) is 38.1 Å². The number of methoxy groups -OCH3 is 1. The van der Waals surface area contributed by atoms with E-state index in [1.165, 1.54) is 32.1 Å². The van der Waals surface area contributed by atoms with Crippen molar-refractivity contribution >= 4 is 0 Å². The maximum atomic E-state index is 5.46. The normalized spacial score (nSPS) is 21.8. The van der Waals surface area contributed by atoms with E-state index in [1.54, 1.807) is 7.11 Å². The zero-order valence-electron chi connectivity index (χ0n) is 9.96. The second-order valence-electron chi connectivity index (χ2n) is 4.32. The number of nitrogens with one attached hydrogen (secondary N) is 1. The first-order valence-corrected chi connectivity index (χ1v) is 6.21. The molecule has 0 spiro atoms. The molecule has 1 rings (SSSR count). The van der Waals surface area contributed by atoms with Gasteiger partial charge in [-0.25, -0.2) is 0 Å². The standard InChI is InChI=1S/C12H25NO2/c1-14-10-8-13-7-3-2-5-12-6-4-9-15-11-12/h12-13H,2-11H2,1H3. The Labute approximate surface area is 93.5 Å². The molecule has 15 heavy (non-hydrogen) atoms. The molecule has 0 radical (unpaired) electrons. The van der Waals surface area contributed by atoms with Crippen LogP contribution in [0, 0.1) is 5.92 Å². The summed E-state index contributed by atoms with van der Waals surface area (Å²) in [6, 6.07) is 0. The minimum absolute atomic E-state index is 0.816. The van der Waals surface area contributed by atoms with Crippen LogP contribution in [0.4, 0.5) is 0 Å². The van der Waals surface area contributed by atoms with Gasteiger partial charge in [0.15, 0.2) is 0 Å². The van der Waals surface area contributed by atoms with Crippen molar-refractivity contribution in [1.82, 2.24) is 5.32 Å². The van der Waals surface area contributed by atoms with E-state index in [0.29, 0.717) is 0 Å². The fraction of sp³-hybridized carbons (Fsp3) is 1.00. The van der Waals surface area contributed by atoms with Gasteiger partial charge in [0, 0.05) is 26.9 Å². The summed E-state index contributed by atoms with van der Waals surface area (Å²) in [5, 5.41) is 3.37. The zero-order valence-corrected chi connectivity index (χ0v) is 9.96. The monoisotopic (exact) mass is 215 g/mol. The van der Waals surface area contributed by atoms with E-state index in [2.05, 4.69) is 5.32 Å². The summed E-state index contributed by atoms with van der Waals surface area (Å²) in [7, 11) is 1.74. The van der Waals surface area contributed by atoms with Crippen molar-refractivity contribution in [3.8, 4) is 0 Å². The molecule has 90 valence electrons. The van der Waals surface area contributed by atoms with Gasteiger partial charge in [-0.1, -0.05) is 6.42 Å². The third kappa shape index (κ3) is 6.88. The van der Waals surface area contributed by atoms with Gasteiger partial charge in [-0.15, -0.1) is 0 Å². The summed E-state index contributed by atoms with van der Waals surface area (Å²) in [4.78, 5) is 0. The highest BCUT2D eigenvalue weighted by atomic mass is 16.5. The molecular weight excluding hydrogens is 190 g/mol. The molecule has 1 aliphatic heterocycles. The fourth-order valence-corrected chi connectivity index (χ4v) is 2.02. The Morgan fingerprint density at radius 3 is 3.00 bits per heavy atom. The number of rotatable bonds is 8. The van der Waals surface area contributed by atoms with Crippen molar-refractivity contribution in [3.05, 3.63) is 0 Å². The van der Waals surface area contributed by atoms with Crippen molar-refractivity contribution in [3.63, 3.8) is 0 Å². The van der Waals surface area contributed by atoms with E-state index >= 15 is 0 Å². The lowest BCUT2D eigenvalue weighted by molar-refractivity contribution is 0.0507. The molecule has 3 heteroatoms. The van der Waals surface area contributed by atoms with Crippen molar-refractivity contribution in [2.45, 2.75) is 32.1 Å². The molecule has 0 bridgehead atoms. The molecule has 0 aromatic rings. The number of hydrogen-bond donors (Lipinski definition) is 1. The van der Waals surface area contributed by atoms with Crippen LogP contribution in [-0.2, 0) is 9.47 Å². The first kappa shape index (κ1) is 12.9. The molecule has 1 unspecified atom stereocenters. The van der Waals surface area contributed by atoms with Crippen LogP contribution in [0.25, 0.3) is 0 Å². The van der Waals surface area contributed by atoms with Gasteiger partial charge in [-0.3, -0.25) is 0 Å². The van der Waals surface area contributed by atoms with Crippen LogP contribution in [0.5, 0.6) is 0 Å². The molecule has 1 atom stereocenters. The summed E-state index contributed by atoms with van der Waals surface area (Å²) in [6.45, 7) is 4.89. The lowest BCUT2D eigenvalue weighted by atomic mass is 9.96. The molecule has 0 saturated carbocycles. The smallest absolute Gasteiger partial charge is 0.0587 e. The lowest BCUT2D eigenvalue weighted by Gasteiger charge is -2.21. The SMILES string of the molecule is COCCNCCCCC1CCCOC1. The van der Waals surface area contributed by atoms with Gasteiger partial charge in [0.2, 0.25) is 0 Å². The lowest BCUT2D eigenvalue weighted by Crippen LogP contribution is -2.21. The van der Waals surface area contributed by atoms with Crippen LogP contribution < -0.4 is 5.32 Å². The third-order valence-electron chi connectivity index (χ3n) is 2.95. The molecule has 0 amide bonds. The molecule has 0 aromatic carbocycles. The fourth-order valence-electron chi connectivity index (χ4n) is 2.02. The maximum absolute atomic E-state index is 5.46. The molecule has 0 aliphatic carbocycles. The first-order valence-electron chi connectivity index (χ1n) is 6.21. The molecule has 1 saturated heterocycles. The Kier molecular flexibility index (Phi) is 7.88. The Morgan fingerprint density at radius 2 is 2.27 bits per heavy atom. The Hall–Kier alpha value is -0.120. The molecule has 3 nitrogen and oxygen atoms in total. The zero-order chi connectivity index (χ0) is 10.8. The summed E-state index contributed by atoms with van der Waals surface area (Å²) < 4.78 is 10.4. The van der Waals surface area contributed by atoms with Crippen molar-refractivity contribution in [1.29, 1.82) is 0 Å². The van der Waals surface area contributed by atoms with Crippen LogP contribution in [0.2, 0.25) is 0 Å². The van der Waals surface area contributed by atoms with Gasteiger partial charge in [0.25, 0.3) is 0 Å². The van der Waals surface area contributed by atoms with Crippen molar-refractivity contribution < 1.29 is 9.47 Å². The van der Waals surface area contributed by atoms with Crippen LogP contribution in [0.15, 0.2) is 0 Å². The van der Waals surface area contributed by atoms with Crippen LogP contribution >= 0.6 is 0 Å². The van der Waals surface area contributed by atoms with Gasteiger partial charge in [0.05, 0.1) is 6.61 Å². The van der Waals surface area contributed by atoms with E-state index in [1.807, 2.05) is 0 Å². The van der Waals surface area contributed by atoms with Gasteiger partial charge >= 0.3 is 0 Å². The van der Waals surface area contributed by atoms with Crippen molar-refractivity contribution in [2.75, 3.05) is 40.0 Å². The van der Waals surface area contributed by atoms with E-state index < -0.39 is 0 Å². The minimum atomic E-state index is 0.816. The third-order valence-corrected chi connectivity index (χ3v) is 2.95. The minimum Gasteiger partial charge on any atom is -0.383 e. The second-order valence-corrected chi connectivity index (χ2v) is 4.32. The number of unbranched alkanes of at least 4 members (excludes halogenated alkanes) is 1. The molecule has 1 aliphatic rings. The Bertz CT molecular complexity index is 136. The largest absolute Gasteiger partial charge is 0.383 e. The topological polar surface area (TPSA) is 30.5 Å². The highest BCUT2D eigenvalue weighted by Gasteiger charge is 2.12. The van der Waals surface area contributed by atoms with Crippen molar-refractivity contribution in [2.24, 2.45) is 5.92 Å². The summed E-state index contributed by atoms with van der Waals surface area (Å²) in [5.74, 6) is 0.831. The van der Waals surface area contributed by atoms with Gasteiger partial charge in [0.1, 0.15) is 0 Å². The summed E-state index contributed by atoms with van der Waals surface area (Å²) >= 11 is 0. The molecule has 0 aromatic heterocycles. The summed E-state index contributed by atoms with van der Waals surface area (Å²) in [6.07, 6.45) is 6.58. The predicted octanol–water partition coefficient (Wildman–Crippen LogP) is 1.82. The highest BCUT2D eigenvalue weighted by Crippen LogP contribution is 2.19. The highest BCUT2D eigenvalue weighted by molar-refractivity contribution is 4.63. The summed E-state index contributed by atoms with van der Waals surface area (Å²) in [5.41, 5.74) is 0. The average Bonchev–Trinajstić information content (AvgIpc) is 2.29.